The number of rotatable bonds is 5. The second-order valence-electron chi connectivity index (χ2n) is 4.90. The van der Waals surface area contributed by atoms with Gasteiger partial charge in [0.2, 0.25) is 0 Å². The second-order valence-corrected chi connectivity index (χ2v) is 4.90. The normalized spacial score (nSPS) is 16.2. The molecule has 0 bridgehead atoms. The van der Waals surface area contributed by atoms with Gasteiger partial charge in [-0.2, -0.15) is 0 Å². The van der Waals surface area contributed by atoms with Gasteiger partial charge in [-0.05, 0) is 31.9 Å². The lowest BCUT2D eigenvalue weighted by Gasteiger charge is -2.18. The Balaban J connectivity index is 0.00000200. The summed E-state index contributed by atoms with van der Waals surface area (Å²) in [4.78, 5) is 6.27. The number of halogens is 2. The topological polar surface area (TPSA) is 50.8 Å². The maximum atomic E-state index is 13.4. The quantitative estimate of drug-likeness (QED) is 0.476. The van der Waals surface area contributed by atoms with Crippen LogP contribution in [0, 0.1) is 5.82 Å². The summed E-state index contributed by atoms with van der Waals surface area (Å²) in [5.74, 6) is 0.409. The first-order chi connectivity index (χ1) is 9.08. The summed E-state index contributed by atoms with van der Waals surface area (Å²) in [7, 11) is 1.94. The number of ether oxygens (including phenoxy) is 1. The number of para-hydroxylation sites is 1. The van der Waals surface area contributed by atoms with Gasteiger partial charge in [-0.15, -0.1) is 24.0 Å². The standard InChI is InChI=1S/C14H20FN3O.HI/c1-10(19-13-6-4-3-5-12(13)15)9-17-14(16)18(2)11-7-8-11;/h3-6,10-11H,7-9H2,1-2H3,(H2,16,17);1H. The number of guanidine groups is 1. The molecule has 1 saturated carbocycles. The van der Waals surface area contributed by atoms with Crippen LogP contribution in [0.4, 0.5) is 4.39 Å². The van der Waals surface area contributed by atoms with Gasteiger partial charge in [-0.25, -0.2) is 9.38 Å². The van der Waals surface area contributed by atoms with Crippen molar-refractivity contribution in [2.45, 2.75) is 31.9 Å². The molecule has 1 fully saturated rings. The fraction of sp³-hybridized carbons (Fsp3) is 0.500. The van der Waals surface area contributed by atoms with E-state index in [9.17, 15) is 4.39 Å². The zero-order valence-electron chi connectivity index (χ0n) is 11.8. The highest BCUT2D eigenvalue weighted by molar-refractivity contribution is 14.0. The van der Waals surface area contributed by atoms with Crippen LogP contribution in [-0.2, 0) is 0 Å². The highest BCUT2D eigenvalue weighted by atomic mass is 127. The third-order valence-corrected chi connectivity index (χ3v) is 3.13. The SMILES string of the molecule is CC(CN=C(N)N(C)C1CC1)Oc1ccccc1F.I. The van der Waals surface area contributed by atoms with Crippen molar-refractivity contribution >= 4 is 29.9 Å². The fourth-order valence-corrected chi connectivity index (χ4v) is 1.78. The van der Waals surface area contributed by atoms with Gasteiger partial charge in [0.1, 0.15) is 6.10 Å². The lowest BCUT2D eigenvalue weighted by molar-refractivity contribution is 0.219. The van der Waals surface area contributed by atoms with Crippen LogP contribution in [-0.4, -0.2) is 36.6 Å². The molecule has 1 aromatic rings. The van der Waals surface area contributed by atoms with E-state index in [0.717, 1.165) is 0 Å². The van der Waals surface area contributed by atoms with E-state index in [2.05, 4.69) is 4.99 Å². The van der Waals surface area contributed by atoms with Gasteiger partial charge in [0.15, 0.2) is 17.5 Å². The van der Waals surface area contributed by atoms with Crippen LogP contribution in [0.2, 0.25) is 0 Å². The summed E-state index contributed by atoms with van der Waals surface area (Å²) >= 11 is 0. The van der Waals surface area contributed by atoms with Crippen LogP contribution >= 0.6 is 24.0 Å². The molecular weight excluding hydrogens is 372 g/mol. The molecule has 1 aliphatic rings. The maximum Gasteiger partial charge on any atom is 0.191 e. The number of hydrogen-bond donors (Lipinski definition) is 1. The molecule has 6 heteroatoms. The number of benzene rings is 1. The van der Waals surface area contributed by atoms with Crippen molar-refractivity contribution < 1.29 is 9.13 Å². The molecule has 2 rings (SSSR count). The Morgan fingerprint density at radius 3 is 2.75 bits per heavy atom. The molecule has 0 amide bonds. The first-order valence-electron chi connectivity index (χ1n) is 6.52. The molecule has 0 radical (unpaired) electrons. The van der Waals surface area contributed by atoms with Crippen LogP contribution in [0.25, 0.3) is 0 Å². The fourth-order valence-electron chi connectivity index (χ4n) is 1.78. The van der Waals surface area contributed by atoms with E-state index in [4.69, 9.17) is 10.5 Å². The minimum Gasteiger partial charge on any atom is -0.486 e. The number of nitrogens with two attached hydrogens (primary N) is 1. The summed E-state index contributed by atoms with van der Waals surface area (Å²) in [6.45, 7) is 2.26. The summed E-state index contributed by atoms with van der Waals surface area (Å²) in [6.07, 6.45) is 2.13. The van der Waals surface area contributed by atoms with Crippen molar-refractivity contribution in [2.24, 2.45) is 10.7 Å². The average Bonchev–Trinajstić information content (AvgIpc) is 3.22. The molecule has 0 heterocycles. The maximum absolute atomic E-state index is 13.4. The van der Waals surface area contributed by atoms with E-state index in [1.54, 1.807) is 18.2 Å². The molecule has 1 aliphatic carbocycles. The first-order valence-corrected chi connectivity index (χ1v) is 6.52. The smallest absolute Gasteiger partial charge is 0.191 e. The van der Waals surface area contributed by atoms with Gasteiger partial charge in [0.25, 0.3) is 0 Å². The Bertz CT molecular complexity index is 465. The molecule has 0 saturated heterocycles. The molecule has 1 unspecified atom stereocenters. The van der Waals surface area contributed by atoms with E-state index < -0.39 is 0 Å². The van der Waals surface area contributed by atoms with Crippen molar-refractivity contribution in [3.8, 4) is 5.75 Å². The van der Waals surface area contributed by atoms with Crippen molar-refractivity contribution in [2.75, 3.05) is 13.6 Å². The minimum absolute atomic E-state index is 0. The molecule has 2 N–H and O–H groups in total. The van der Waals surface area contributed by atoms with Gasteiger partial charge >= 0.3 is 0 Å². The van der Waals surface area contributed by atoms with Crippen LogP contribution in [0.5, 0.6) is 5.75 Å². The van der Waals surface area contributed by atoms with Gasteiger partial charge in [-0.1, -0.05) is 12.1 Å². The molecule has 0 aromatic heterocycles. The third kappa shape index (κ3) is 4.81. The molecular formula is C14H21FIN3O. The van der Waals surface area contributed by atoms with Crippen molar-refractivity contribution in [1.29, 1.82) is 0 Å². The zero-order chi connectivity index (χ0) is 13.8. The molecule has 0 spiro atoms. The minimum atomic E-state index is -0.360. The molecule has 112 valence electrons. The Morgan fingerprint density at radius 1 is 1.50 bits per heavy atom. The zero-order valence-corrected chi connectivity index (χ0v) is 14.1. The van der Waals surface area contributed by atoms with Crippen LogP contribution in [0.15, 0.2) is 29.3 Å². The van der Waals surface area contributed by atoms with Gasteiger partial charge in [-0.3, -0.25) is 0 Å². The Morgan fingerprint density at radius 2 is 2.15 bits per heavy atom. The average molecular weight is 393 g/mol. The monoisotopic (exact) mass is 393 g/mol. The Labute approximate surface area is 136 Å². The molecule has 20 heavy (non-hydrogen) atoms. The predicted octanol–water partition coefficient (Wildman–Crippen LogP) is 2.62. The summed E-state index contributed by atoms with van der Waals surface area (Å²) in [6, 6.07) is 6.89. The number of aliphatic imine (C=N–C) groups is 1. The van der Waals surface area contributed by atoms with Crippen LogP contribution < -0.4 is 10.5 Å². The molecule has 1 atom stereocenters. The predicted molar refractivity (Wildman–Crippen MR) is 89.2 cm³/mol. The summed E-state index contributed by atoms with van der Waals surface area (Å²) in [5.41, 5.74) is 5.88. The lowest BCUT2D eigenvalue weighted by atomic mass is 10.3. The molecule has 4 nitrogen and oxygen atoms in total. The third-order valence-electron chi connectivity index (χ3n) is 3.13. The van der Waals surface area contributed by atoms with Gasteiger partial charge in [0.05, 0.1) is 6.54 Å². The van der Waals surface area contributed by atoms with Gasteiger partial charge < -0.3 is 15.4 Å². The van der Waals surface area contributed by atoms with E-state index >= 15 is 0 Å². The van der Waals surface area contributed by atoms with Crippen molar-refractivity contribution in [3.63, 3.8) is 0 Å². The Kier molecular flexibility index (Phi) is 6.51. The van der Waals surface area contributed by atoms with Gasteiger partial charge in [0, 0.05) is 13.1 Å². The highest BCUT2D eigenvalue weighted by Gasteiger charge is 2.27. The van der Waals surface area contributed by atoms with Crippen molar-refractivity contribution in [3.05, 3.63) is 30.1 Å². The lowest BCUT2D eigenvalue weighted by Crippen LogP contribution is -2.36. The summed E-state index contributed by atoms with van der Waals surface area (Å²) < 4.78 is 18.9. The van der Waals surface area contributed by atoms with E-state index in [-0.39, 0.29) is 41.6 Å². The number of nitrogens with zero attached hydrogens (tertiary/aromatic N) is 2. The summed E-state index contributed by atoms with van der Waals surface area (Å²) in [5, 5.41) is 0. The van der Waals surface area contributed by atoms with Crippen LogP contribution in [0.3, 0.4) is 0 Å². The first kappa shape index (κ1) is 17.0. The molecule has 0 aliphatic heterocycles. The van der Waals surface area contributed by atoms with E-state index in [0.29, 0.717) is 18.5 Å². The van der Waals surface area contributed by atoms with E-state index in [1.807, 2.05) is 18.9 Å². The Hall–Kier alpha value is -1.05. The highest BCUT2D eigenvalue weighted by Crippen LogP contribution is 2.24. The van der Waals surface area contributed by atoms with E-state index in [1.165, 1.54) is 18.9 Å². The molecule has 1 aromatic carbocycles. The van der Waals surface area contributed by atoms with Crippen molar-refractivity contribution in [1.82, 2.24) is 4.90 Å². The van der Waals surface area contributed by atoms with Crippen LogP contribution in [0.1, 0.15) is 19.8 Å². The largest absolute Gasteiger partial charge is 0.486 e. The second kappa shape index (κ2) is 7.66. The number of hydrogen-bond acceptors (Lipinski definition) is 2.